The first-order valence-corrected chi connectivity index (χ1v) is 10.0. The van der Waals surface area contributed by atoms with E-state index in [-0.39, 0.29) is 23.1 Å². The summed E-state index contributed by atoms with van der Waals surface area (Å²) in [5.41, 5.74) is 0.573. The zero-order valence-electron chi connectivity index (χ0n) is 14.9. The average Bonchev–Trinajstić information content (AvgIpc) is 2.63. The fourth-order valence-electron chi connectivity index (χ4n) is 3.28. The lowest BCUT2D eigenvalue weighted by Gasteiger charge is -2.28. The number of nitrogens with zero attached hydrogens (tertiary/aromatic N) is 2. The standard InChI is InChI=1S/C19H21FN2O4S/c1-21-11-9-14(10-12-21)19(23)15-3-2-4-18(13-15)22(27(24,25)26)17-7-5-16(20)6-8-17/h2-8,13-14H,9-12H2,1H3,(H,24,25,26). The molecule has 2 aromatic rings. The van der Waals surface area contributed by atoms with Gasteiger partial charge in [0.05, 0.1) is 11.4 Å². The first kappa shape index (κ1) is 19.5. The Kier molecular flexibility index (Phi) is 5.59. The van der Waals surface area contributed by atoms with Crippen LogP contribution in [0.1, 0.15) is 23.2 Å². The van der Waals surface area contributed by atoms with Crippen molar-refractivity contribution in [2.24, 2.45) is 5.92 Å². The third-order valence-electron chi connectivity index (χ3n) is 4.75. The smallest absolute Gasteiger partial charge is 0.306 e. The molecule has 6 nitrogen and oxygen atoms in total. The van der Waals surface area contributed by atoms with E-state index in [1.807, 2.05) is 7.05 Å². The van der Waals surface area contributed by atoms with E-state index < -0.39 is 16.1 Å². The molecule has 144 valence electrons. The Balaban J connectivity index is 1.94. The minimum atomic E-state index is -4.67. The van der Waals surface area contributed by atoms with E-state index >= 15 is 0 Å². The van der Waals surface area contributed by atoms with Crippen molar-refractivity contribution in [1.82, 2.24) is 4.90 Å². The molecule has 0 bridgehead atoms. The third-order valence-corrected chi connectivity index (χ3v) is 5.63. The van der Waals surface area contributed by atoms with E-state index in [1.165, 1.54) is 24.3 Å². The fourth-order valence-corrected chi connectivity index (χ4v) is 4.05. The van der Waals surface area contributed by atoms with Gasteiger partial charge in [-0.15, -0.1) is 0 Å². The third kappa shape index (κ3) is 4.52. The molecule has 0 saturated carbocycles. The lowest BCUT2D eigenvalue weighted by Crippen LogP contribution is -2.33. The van der Waals surface area contributed by atoms with Crippen molar-refractivity contribution in [3.8, 4) is 0 Å². The number of carbonyl (C=O) groups is 1. The molecule has 0 radical (unpaired) electrons. The van der Waals surface area contributed by atoms with Gasteiger partial charge in [0.2, 0.25) is 0 Å². The zero-order valence-corrected chi connectivity index (χ0v) is 15.7. The van der Waals surface area contributed by atoms with E-state index in [2.05, 4.69) is 4.90 Å². The van der Waals surface area contributed by atoms with E-state index in [0.717, 1.165) is 38.1 Å². The van der Waals surface area contributed by atoms with Crippen LogP contribution in [-0.4, -0.2) is 43.8 Å². The van der Waals surface area contributed by atoms with E-state index in [0.29, 0.717) is 9.87 Å². The summed E-state index contributed by atoms with van der Waals surface area (Å²) >= 11 is 0. The number of Topliss-reactive ketones (excluding diaryl/α,β-unsaturated/α-hetero) is 1. The van der Waals surface area contributed by atoms with Gasteiger partial charge in [-0.3, -0.25) is 9.35 Å². The van der Waals surface area contributed by atoms with Crippen LogP contribution in [0.3, 0.4) is 0 Å². The summed E-state index contributed by atoms with van der Waals surface area (Å²) in [5, 5.41) is 0. The Hall–Kier alpha value is -2.29. The molecule has 1 N–H and O–H groups in total. The fraction of sp³-hybridized carbons (Fsp3) is 0.316. The molecule has 1 heterocycles. The number of benzene rings is 2. The summed E-state index contributed by atoms with van der Waals surface area (Å²) in [4.78, 5) is 15.0. The number of halogens is 1. The Morgan fingerprint density at radius 2 is 1.74 bits per heavy atom. The number of ketones is 1. The molecule has 1 aliphatic heterocycles. The molecule has 0 aromatic heterocycles. The van der Waals surface area contributed by atoms with Crippen LogP contribution in [0.25, 0.3) is 0 Å². The second-order valence-corrected chi connectivity index (χ2v) is 7.97. The Morgan fingerprint density at radius 1 is 1.11 bits per heavy atom. The van der Waals surface area contributed by atoms with Crippen molar-refractivity contribution < 1.29 is 22.2 Å². The minimum Gasteiger partial charge on any atom is -0.306 e. The second kappa shape index (κ2) is 7.75. The molecule has 2 aromatic carbocycles. The lowest BCUT2D eigenvalue weighted by atomic mass is 9.89. The molecule has 1 fully saturated rings. The lowest BCUT2D eigenvalue weighted by molar-refractivity contribution is 0.0857. The van der Waals surface area contributed by atoms with Gasteiger partial charge < -0.3 is 4.90 Å². The highest BCUT2D eigenvalue weighted by molar-refractivity contribution is 7.87. The molecule has 27 heavy (non-hydrogen) atoms. The number of piperidine rings is 1. The van der Waals surface area contributed by atoms with Gasteiger partial charge in [0, 0.05) is 11.5 Å². The molecule has 3 rings (SSSR count). The maximum atomic E-state index is 13.2. The number of hydrogen-bond acceptors (Lipinski definition) is 4. The van der Waals surface area contributed by atoms with Gasteiger partial charge in [-0.2, -0.15) is 8.42 Å². The van der Waals surface area contributed by atoms with Gasteiger partial charge >= 0.3 is 10.3 Å². The van der Waals surface area contributed by atoms with Gasteiger partial charge in [-0.25, -0.2) is 8.70 Å². The predicted molar refractivity (Wildman–Crippen MR) is 101 cm³/mol. The van der Waals surface area contributed by atoms with Crippen LogP contribution < -0.4 is 4.31 Å². The topological polar surface area (TPSA) is 77.9 Å². The molecule has 1 aliphatic rings. The van der Waals surface area contributed by atoms with E-state index in [4.69, 9.17) is 0 Å². The minimum absolute atomic E-state index is 0.0423. The summed E-state index contributed by atoms with van der Waals surface area (Å²) in [6.07, 6.45) is 1.50. The van der Waals surface area contributed by atoms with Crippen molar-refractivity contribution in [3.05, 3.63) is 59.9 Å². The van der Waals surface area contributed by atoms with Crippen LogP contribution in [0.15, 0.2) is 48.5 Å². The monoisotopic (exact) mass is 392 g/mol. The average molecular weight is 392 g/mol. The van der Waals surface area contributed by atoms with Crippen LogP contribution in [0.2, 0.25) is 0 Å². The zero-order chi connectivity index (χ0) is 19.6. The molecule has 8 heteroatoms. The molecule has 0 atom stereocenters. The Bertz CT molecular complexity index is 923. The number of carbonyl (C=O) groups excluding carboxylic acids is 1. The normalized spacial score (nSPS) is 16.3. The summed E-state index contributed by atoms with van der Waals surface area (Å²) in [7, 11) is -2.66. The summed E-state index contributed by atoms with van der Waals surface area (Å²) in [6.45, 7) is 1.67. The van der Waals surface area contributed by atoms with E-state index in [9.17, 15) is 22.2 Å². The number of likely N-dealkylation sites (tertiary alicyclic amines) is 1. The predicted octanol–water partition coefficient (Wildman–Crippen LogP) is 3.29. The van der Waals surface area contributed by atoms with Gasteiger partial charge in [0.25, 0.3) is 0 Å². The van der Waals surface area contributed by atoms with Crippen molar-refractivity contribution in [3.63, 3.8) is 0 Å². The van der Waals surface area contributed by atoms with Crippen LogP contribution in [0.5, 0.6) is 0 Å². The Labute approximate surface area is 158 Å². The molecular weight excluding hydrogens is 371 g/mol. The van der Waals surface area contributed by atoms with Crippen LogP contribution >= 0.6 is 0 Å². The highest BCUT2D eigenvalue weighted by Crippen LogP contribution is 2.30. The number of rotatable bonds is 5. The summed E-state index contributed by atoms with van der Waals surface area (Å²) < 4.78 is 47.4. The Morgan fingerprint density at radius 3 is 2.33 bits per heavy atom. The summed E-state index contributed by atoms with van der Waals surface area (Å²) in [5.74, 6) is -0.680. The second-order valence-electron chi connectivity index (χ2n) is 6.71. The highest BCUT2D eigenvalue weighted by Gasteiger charge is 2.27. The maximum absolute atomic E-state index is 13.2. The van der Waals surface area contributed by atoms with Crippen LogP contribution in [0, 0.1) is 11.7 Å². The van der Waals surface area contributed by atoms with Gasteiger partial charge in [-0.1, -0.05) is 12.1 Å². The number of anilines is 2. The molecule has 1 saturated heterocycles. The summed E-state index contributed by atoms with van der Waals surface area (Å²) in [6, 6.07) is 10.8. The highest BCUT2D eigenvalue weighted by atomic mass is 32.2. The van der Waals surface area contributed by atoms with Gasteiger partial charge in [0.15, 0.2) is 5.78 Å². The largest absolute Gasteiger partial charge is 0.364 e. The molecule has 0 spiro atoms. The van der Waals surface area contributed by atoms with Crippen LogP contribution in [-0.2, 0) is 10.3 Å². The molecule has 0 aliphatic carbocycles. The van der Waals surface area contributed by atoms with Crippen molar-refractivity contribution in [1.29, 1.82) is 0 Å². The van der Waals surface area contributed by atoms with Gasteiger partial charge in [-0.05, 0) is 69.4 Å². The van der Waals surface area contributed by atoms with Crippen LogP contribution in [0.4, 0.5) is 15.8 Å². The van der Waals surface area contributed by atoms with Crippen molar-refractivity contribution in [2.75, 3.05) is 24.4 Å². The molecular formula is C19H21FN2O4S. The quantitative estimate of drug-likeness (QED) is 0.624. The van der Waals surface area contributed by atoms with Crippen molar-refractivity contribution in [2.45, 2.75) is 12.8 Å². The van der Waals surface area contributed by atoms with Gasteiger partial charge in [0.1, 0.15) is 5.82 Å². The number of hydrogen-bond donors (Lipinski definition) is 1. The molecule has 0 unspecified atom stereocenters. The van der Waals surface area contributed by atoms with E-state index in [1.54, 1.807) is 12.1 Å². The maximum Gasteiger partial charge on any atom is 0.364 e. The first-order chi connectivity index (χ1) is 12.8. The SMILES string of the molecule is CN1CCC(C(=O)c2cccc(N(c3ccc(F)cc3)S(=O)(=O)O)c2)CC1. The molecule has 0 amide bonds. The van der Waals surface area contributed by atoms with Crippen molar-refractivity contribution >= 4 is 27.5 Å². The first-order valence-electron chi connectivity index (χ1n) is 8.62.